The fraction of sp³-hybridized carbons (Fsp3) is 0.406. The number of ether oxygens (including phenoxy) is 1. The van der Waals surface area contributed by atoms with Gasteiger partial charge in [-0.2, -0.15) is 4.39 Å². The third kappa shape index (κ3) is 6.36. The van der Waals surface area contributed by atoms with E-state index in [1.54, 1.807) is 19.2 Å². The van der Waals surface area contributed by atoms with Crippen LogP contribution in [-0.2, 0) is 22.5 Å². The van der Waals surface area contributed by atoms with Crippen molar-refractivity contribution >= 4 is 16.9 Å². The Morgan fingerprint density at radius 2 is 1.95 bits per heavy atom. The highest BCUT2D eigenvalue weighted by molar-refractivity contribution is 5.77. The summed E-state index contributed by atoms with van der Waals surface area (Å²) in [5.74, 6) is 1.27. The molecule has 0 spiro atoms. The summed E-state index contributed by atoms with van der Waals surface area (Å²) in [6.07, 6.45) is 5.71. The maximum Gasteiger partial charge on any atom is 0.222 e. The first-order chi connectivity index (χ1) is 19.0. The number of imidazole rings is 1. The van der Waals surface area contributed by atoms with Crippen molar-refractivity contribution in [1.82, 2.24) is 19.4 Å². The Morgan fingerprint density at radius 1 is 1.13 bits per heavy atom. The number of halogens is 1. The van der Waals surface area contributed by atoms with Crippen molar-refractivity contribution in [2.75, 3.05) is 26.8 Å². The van der Waals surface area contributed by atoms with Gasteiger partial charge < -0.3 is 14.2 Å². The number of nitrogens with zero attached hydrogens (tertiary/aromatic N) is 4. The number of rotatable bonds is 10. The van der Waals surface area contributed by atoms with Crippen molar-refractivity contribution in [2.45, 2.75) is 51.5 Å². The molecule has 2 aromatic heterocycles. The molecule has 1 aliphatic rings. The summed E-state index contributed by atoms with van der Waals surface area (Å²) < 4.78 is 21.6. The Morgan fingerprint density at radius 3 is 2.74 bits per heavy atom. The van der Waals surface area contributed by atoms with E-state index in [-0.39, 0.29) is 17.7 Å². The van der Waals surface area contributed by atoms with Gasteiger partial charge in [-0.3, -0.25) is 4.79 Å². The number of likely N-dealkylation sites (tertiary alicyclic amines) is 1. The summed E-state index contributed by atoms with van der Waals surface area (Å²) >= 11 is 0. The van der Waals surface area contributed by atoms with Gasteiger partial charge in [-0.25, -0.2) is 9.97 Å². The van der Waals surface area contributed by atoms with Crippen molar-refractivity contribution in [3.63, 3.8) is 0 Å². The molecule has 2 aromatic carbocycles. The van der Waals surface area contributed by atoms with E-state index in [1.165, 1.54) is 6.20 Å². The van der Waals surface area contributed by atoms with Crippen LogP contribution in [0.25, 0.3) is 22.2 Å². The van der Waals surface area contributed by atoms with Crippen molar-refractivity contribution < 1.29 is 13.9 Å². The highest BCUT2D eigenvalue weighted by Crippen LogP contribution is 2.30. The fourth-order valence-corrected chi connectivity index (χ4v) is 5.75. The molecule has 39 heavy (non-hydrogen) atoms. The van der Waals surface area contributed by atoms with E-state index in [2.05, 4.69) is 34.7 Å². The van der Waals surface area contributed by atoms with Crippen molar-refractivity contribution in [1.29, 1.82) is 0 Å². The molecule has 0 saturated carbocycles. The van der Waals surface area contributed by atoms with E-state index in [4.69, 9.17) is 9.72 Å². The average molecular weight is 529 g/mol. The van der Waals surface area contributed by atoms with Gasteiger partial charge in [0.1, 0.15) is 5.82 Å². The molecule has 0 aliphatic carbocycles. The summed E-state index contributed by atoms with van der Waals surface area (Å²) in [5.41, 5.74) is 4.61. The standard InChI is InChI=1S/C32H37FN4O2/c1-23(20-24-12-14-25(15-13-24)27-9-5-16-34-31(27)33)21-30(38)36-17-6-8-26(22-36)32-35-28-10-3-4-11-29(28)37(32)18-7-19-39-2/h3-5,9-16,23,26H,6-8,17-22H2,1-2H3/t23-,26-/m1/s1. The van der Waals surface area contributed by atoms with Crippen LogP contribution in [-0.4, -0.2) is 52.1 Å². The number of benzene rings is 2. The Kier molecular flexibility index (Phi) is 8.67. The second kappa shape index (κ2) is 12.5. The van der Waals surface area contributed by atoms with E-state index in [1.807, 2.05) is 35.2 Å². The average Bonchev–Trinajstić information content (AvgIpc) is 3.33. The van der Waals surface area contributed by atoms with Crippen molar-refractivity contribution in [3.05, 3.63) is 84.2 Å². The largest absolute Gasteiger partial charge is 0.385 e. The molecule has 204 valence electrons. The van der Waals surface area contributed by atoms with Gasteiger partial charge in [0.05, 0.1) is 11.0 Å². The minimum absolute atomic E-state index is 0.206. The first-order valence-electron chi connectivity index (χ1n) is 13.9. The molecule has 2 atom stereocenters. The van der Waals surface area contributed by atoms with Crippen LogP contribution >= 0.6 is 0 Å². The Balaban J connectivity index is 1.21. The van der Waals surface area contributed by atoms with Crippen LogP contribution in [0.2, 0.25) is 0 Å². The molecule has 0 bridgehead atoms. The number of pyridine rings is 1. The minimum atomic E-state index is -0.463. The predicted octanol–water partition coefficient (Wildman–Crippen LogP) is 6.25. The zero-order chi connectivity index (χ0) is 27.2. The first-order valence-corrected chi connectivity index (χ1v) is 13.9. The molecule has 3 heterocycles. The SMILES string of the molecule is COCCCn1c([C@@H]2CCCN(C(=O)C[C@H](C)Cc3ccc(-c4cccnc4F)cc3)C2)nc2ccccc21. The number of aromatic nitrogens is 3. The topological polar surface area (TPSA) is 60.2 Å². The maximum absolute atomic E-state index is 14.0. The molecule has 5 rings (SSSR count). The molecule has 1 amide bonds. The van der Waals surface area contributed by atoms with E-state index >= 15 is 0 Å². The lowest BCUT2D eigenvalue weighted by molar-refractivity contribution is -0.133. The van der Waals surface area contributed by atoms with Gasteiger partial charge in [-0.15, -0.1) is 0 Å². The Labute approximate surface area is 229 Å². The van der Waals surface area contributed by atoms with E-state index in [0.29, 0.717) is 25.1 Å². The van der Waals surface area contributed by atoms with Crippen molar-refractivity contribution in [3.8, 4) is 11.1 Å². The number of methoxy groups -OCH3 is 1. The molecule has 7 heteroatoms. The lowest BCUT2D eigenvalue weighted by atomic mass is 9.93. The van der Waals surface area contributed by atoms with E-state index < -0.39 is 5.95 Å². The van der Waals surface area contributed by atoms with Gasteiger partial charge in [-0.05, 0) is 67.0 Å². The van der Waals surface area contributed by atoms with Gasteiger partial charge in [0.25, 0.3) is 0 Å². The Hall–Kier alpha value is -3.58. The number of carbonyl (C=O) groups excluding carboxylic acids is 1. The van der Waals surface area contributed by atoms with Crippen LogP contribution < -0.4 is 0 Å². The van der Waals surface area contributed by atoms with Gasteiger partial charge in [-0.1, -0.05) is 43.3 Å². The molecule has 1 aliphatic heterocycles. The highest BCUT2D eigenvalue weighted by Gasteiger charge is 2.29. The first kappa shape index (κ1) is 27.0. The molecular formula is C32H37FN4O2. The third-order valence-electron chi connectivity index (χ3n) is 7.68. The van der Waals surface area contributed by atoms with Gasteiger partial charge in [0.2, 0.25) is 11.9 Å². The number of hydrogen-bond acceptors (Lipinski definition) is 4. The van der Waals surface area contributed by atoms with E-state index in [0.717, 1.165) is 66.8 Å². The normalized spacial score (nSPS) is 16.5. The minimum Gasteiger partial charge on any atom is -0.385 e. The molecule has 0 N–H and O–H groups in total. The lowest BCUT2D eigenvalue weighted by Crippen LogP contribution is -2.40. The van der Waals surface area contributed by atoms with Crippen LogP contribution in [0, 0.1) is 11.9 Å². The second-order valence-corrected chi connectivity index (χ2v) is 10.7. The summed E-state index contributed by atoms with van der Waals surface area (Å²) in [6, 6.07) is 19.7. The highest BCUT2D eigenvalue weighted by atomic mass is 19.1. The van der Waals surface area contributed by atoms with Crippen LogP contribution in [0.4, 0.5) is 4.39 Å². The summed E-state index contributed by atoms with van der Waals surface area (Å²) in [4.78, 5) is 24.2. The van der Waals surface area contributed by atoms with Gasteiger partial charge in [0.15, 0.2) is 0 Å². The van der Waals surface area contributed by atoms with E-state index in [9.17, 15) is 9.18 Å². The zero-order valence-electron chi connectivity index (χ0n) is 22.9. The number of fused-ring (bicyclic) bond motifs is 1. The maximum atomic E-state index is 14.0. The smallest absolute Gasteiger partial charge is 0.222 e. The molecule has 1 fully saturated rings. The van der Waals surface area contributed by atoms with Crippen LogP contribution in [0.3, 0.4) is 0 Å². The number of piperidine rings is 1. The van der Waals surface area contributed by atoms with Crippen LogP contribution in [0.15, 0.2) is 66.9 Å². The van der Waals surface area contributed by atoms with Gasteiger partial charge in [0, 0.05) is 57.4 Å². The number of carbonyl (C=O) groups is 1. The molecule has 0 radical (unpaired) electrons. The number of hydrogen-bond donors (Lipinski definition) is 0. The predicted molar refractivity (Wildman–Crippen MR) is 152 cm³/mol. The zero-order valence-corrected chi connectivity index (χ0v) is 22.9. The van der Waals surface area contributed by atoms with Crippen LogP contribution in [0.5, 0.6) is 0 Å². The number of aryl methyl sites for hydroxylation is 1. The van der Waals surface area contributed by atoms with Gasteiger partial charge >= 0.3 is 0 Å². The third-order valence-corrected chi connectivity index (χ3v) is 7.68. The van der Waals surface area contributed by atoms with Crippen molar-refractivity contribution in [2.24, 2.45) is 5.92 Å². The molecule has 0 unspecified atom stereocenters. The number of amides is 1. The number of para-hydroxylation sites is 2. The lowest BCUT2D eigenvalue weighted by Gasteiger charge is -2.33. The molecular weight excluding hydrogens is 491 g/mol. The van der Waals surface area contributed by atoms with Crippen LogP contribution in [0.1, 0.15) is 49.9 Å². The fourth-order valence-electron chi connectivity index (χ4n) is 5.75. The monoisotopic (exact) mass is 528 g/mol. The summed E-state index contributed by atoms with van der Waals surface area (Å²) in [5, 5.41) is 0. The summed E-state index contributed by atoms with van der Waals surface area (Å²) in [6.45, 7) is 5.21. The molecule has 4 aromatic rings. The Bertz CT molecular complexity index is 1400. The quantitative estimate of drug-likeness (QED) is 0.180. The molecule has 1 saturated heterocycles. The molecule has 6 nitrogen and oxygen atoms in total. The second-order valence-electron chi connectivity index (χ2n) is 10.7. The summed E-state index contributed by atoms with van der Waals surface area (Å²) in [7, 11) is 1.73.